The molecule has 3 amide bonds. The van der Waals surface area contributed by atoms with Crippen LogP contribution in [0, 0.1) is 11.8 Å². The first kappa shape index (κ1) is 22.1. The summed E-state index contributed by atoms with van der Waals surface area (Å²) in [5.74, 6) is 3.95. The molecule has 0 unspecified atom stereocenters. The van der Waals surface area contributed by atoms with Crippen molar-refractivity contribution in [3.8, 4) is 11.8 Å². The van der Waals surface area contributed by atoms with Gasteiger partial charge in [-0.15, -0.1) is 0 Å². The fourth-order valence-electron chi connectivity index (χ4n) is 2.06. The second-order valence-corrected chi connectivity index (χ2v) is 5.43. The molecule has 0 saturated heterocycles. The number of ether oxygens (including phenoxy) is 1. The maximum atomic E-state index is 12.4. The number of amides is 3. The van der Waals surface area contributed by atoms with Gasteiger partial charge >= 0.3 is 0 Å². The van der Waals surface area contributed by atoms with Gasteiger partial charge in [-0.3, -0.25) is 19.6 Å². The number of rotatable bonds is 9. The third-order valence-corrected chi connectivity index (χ3v) is 3.41. The molecular formula is C18H23N3O6. The quantitative estimate of drug-likeness (QED) is 0.217. The van der Waals surface area contributed by atoms with Crippen LogP contribution in [0.25, 0.3) is 0 Å². The van der Waals surface area contributed by atoms with Crippen molar-refractivity contribution < 1.29 is 29.4 Å². The summed E-state index contributed by atoms with van der Waals surface area (Å²) < 4.78 is 4.83. The van der Waals surface area contributed by atoms with Crippen LogP contribution >= 0.6 is 0 Å². The van der Waals surface area contributed by atoms with Gasteiger partial charge in [-0.1, -0.05) is 11.8 Å². The van der Waals surface area contributed by atoms with Crippen LogP contribution in [0.3, 0.4) is 0 Å². The Morgan fingerprint density at radius 3 is 2.52 bits per heavy atom. The highest BCUT2D eigenvalue weighted by atomic mass is 16.5. The van der Waals surface area contributed by atoms with E-state index in [1.54, 1.807) is 31.4 Å². The number of hydroxylamine groups is 1. The van der Waals surface area contributed by atoms with E-state index >= 15 is 0 Å². The van der Waals surface area contributed by atoms with Crippen molar-refractivity contribution in [1.82, 2.24) is 16.1 Å². The molecule has 0 aliphatic carbocycles. The lowest BCUT2D eigenvalue weighted by Gasteiger charge is -2.18. The zero-order valence-corrected chi connectivity index (χ0v) is 14.9. The second-order valence-electron chi connectivity index (χ2n) is 5.43. The Kier molecular flexibility index (Phi) is 10.2. The number of carbonyl (C=O) groups excluding carboxylic acids is 3. The predicted octanol–water partition coefficient (Wildman–Crippen LogP) is -0.823. The first-order valence-electron chi connectivity index (χ1n) is 8.22. The summed E-state index contributed by atoms with van der Waals surface area (Å²) in [7, 11) is 1.54. The lowest BCUT2D eigenvalue weighted by Crippen LogP contribution is -2.47. The summed E-state index contributed by atoms with van der Waals surface area (Å²) in [6.07, 6.45) is -0.183. The van der Waals surface area contributed by atoms with Gasteiger partial charge in [0.05, 0.1) is 6.61 Å². The topological polar surface area (TPSA) is 137 Å². The molecule has 1 atom stereocenters. The SMILES string of the molecule is COCC#Cc1ccc(C(=O)N[C@@H](CCC(=O)NO)C(=O)NCCO)cc1. The van der Waals surface area contributed by atoms with Crippen molar-refractivity contribution in [2.24, 2.45) is 0 Å². The zero-order chi connectivity index (χ0) is 20.1. The molecule has 0 aliphatic heterocycles. The lowest BCUT2D eigenvalue weighted by atomic mass is 10.1. The van der Waals surface area contributed by atoms with Gasteiger partial charge in [0.25, 0.3) is 5.91 Å². The Morgan fingerprint density at radius 2 is 1.93 bits per heavy atom. The van der Waals surface area contributed by atoms with Crippen LogP contribution in [-0.4, -0.2) is 60.9 Å². The average molecular weight is 377 g/mol. The van der Waals surface area contributed by atoms with Crippen molar-refractivity contribution in [2.45, 2.75) is 18.9 Å². The minimum atomic E-state index is -0.998. The number of benzene rings is 1. The predicted molar refractivity (Wildman–Crippen MR) is 95.7 cm³/mol. The van der Waals surface area contributed by atoms with Crippen LogP contribution in [0.5, 0.6) is 0 Å². The van der Waals surface area contributed by atoms with Crippen molar-refractivity contribution in [1.29, 1.82) is 0 Å². The molecule has 1 aromatic rings. The molecule has 1 rings (SSSR count). The summed E-state index contributed by atoms with van der Waals surface area (Å²) in [4.78, 5) is 35.7. The molecule has 9 heteroatoms. The molecule has 1 aromatic carbocycles. The molecule has 0 heterocycles. The van der Waals surface area contributed by atoms with Gasteiger partial charge in [0.15, 0.2) is 0 Å². The summed E-state index contributed by atoms with van der Waals surface area (Å²) in [6.45, 7) is 0.0651. The minimum absolute atomic E-state index is 0.0179. The van der Waals surface area contributed by atoms with E-state index in [9.17, 15) is 14.4 Å². The molecule has 9 nitrogen and oxygen atoms in total. The van der Waals surface area contributed by atoms with Crippen molar-refractivity contribution >= 4 is 17.7 Å². The highest BCUT2D eigenvalue weighted by Crippen LogP contribution is 2.06. The van der Waals surface area contributed by atoms with Gasteiger partial charge in [0.1, 0.15) is 12.6 Å². The molecule has 5 N–H and O–H groups in total. The molecule has 0 fully saturated rings. The van der Waals surface area contributed by atoms with Gasteiger partial charge in [-0.25, -0.2) is 5.48 Å². The van der Waals surface area contributed by atoms with Crippen LogP contribution in [0.1, 0.15) is 28.8 Å². The highest BCUT2D eigenvalue weighted by Gasteiger charge is 2.22. The van der Waals surface area contributed by atoms with E-state index in [2.05, 4.69) is 22.5 Å². The Labute approximate surface area is 157 Å². The van der Waals surface area contributed by atoms with Crippen molar-refractivity contribution in [3.05, 3.63) is 35.4 Å². The first-order valence-corrected chi connectivity index (χ1v) is 8.22. The molecular weight excluding hydrogens is 354 g/mol. The number of aliphatic hydroxyl groups is 1. The molecule has 0 aliphatic rings. The molecule has 0 aromatic heterocycles. The summed E-state index contributed by atoms with van der Waals surface area (Å²) in [6, 6.07) is 5.46. The fourth-order valence-corrected chi connectivity index (χ4v) is 2.06. The van der Waals surface area contributed by atoms with Gasteiger partial charge < -0.3 is 20.5 Å². The third kappa shape index (κ3) is 8.33. The Hall–Kier alpha value is -2.93. The lowest BCUT2D eigenvalue weighted by molar-refractivity contribution is -0.129. The van der Waals surface area contributed by atoms with Crippen LogP contribution in [0.2, 0.25) is 0 Å². The van der Waals surface area contributed by atoms with Crippen LogP contribution in [0.15, 0.2) is 24.3 Å². The summed E-state index contributed by atoms with van der Waals surface area (Å²) in [5.41, 5.74) is 2.50. The number of hydrogen-bond donors (Lipinski definition) is 5. The normalized spacial score (nSPS) is 10.9. The molecule has 146 valence electrons. The fraction of sp³-hybridized carbons (Fsp3) is 0.389. The molecule has 0 bridgehead atoms. The average Bonchev–Trinajstić information content (AvgIpc) is 2.69. The van der Waals surface area contributed by atoms with Gasteiger partial charge in [0, 0.05) is 31.2 Å². The Bertz CT molecular complexity index is 693. The van der Waals surface area contributed by atoms with Gasteiger partial charge in [0.2, 0.25) is 11.8 Å². The maximum absolute atomic E-state index is 12.4. The van der Waals surface area contributed by atoms with Crippen molar-refractivity contribution in [3.63, 3.8) is 0 Å². The molecule has 0 saturated carbocycles. The minimum Gasteiger partial charge on any atom is -0.395 e. The van der Waals surface area contributed by atoms with Gasteiger partial charge in [-0.2, -0.15) is 0 Å². The monoisotopic (exact) mass is 377 g/mol. The summed E-state index contributed by atoms with van der Waals surface area (Å²) >= 11 is 0. The van der Waals surface area contributed by atoms with E-state index in [0.717, 1.165) is 0 Å². The smallest absolute Gasteiger partial charge is 0.251 e. The largest absolute Gasteiger partial charge is 0.395 e. The first-order chi connectivity index (χ1) is 13.0. The number of aliphatic hydroxyl groups excluding tert-OH is 1. The number of hydrogen-bond acceptors (Lipinski definition) is 6. The van der Waals surface area contributed by atoms with E-state index in [0.29, 0.717) is 17.7 Å². The third-order valence-electron chi connectivity index (χ3n) is 3.41. The van der Waals surface area contributed by atoms with Crippen LogP contribution in [-0.2, 0) is 14.3 Å². The molecule has 0 spiro atoms. The molecule has 27 heavy (non-hydrogen) atoms. The van der Waals surface area contributed by atoms with E-state index in [1.165, 1.54) is 5.48 Å². The van der Waals surface area contributed by atoms with E-state index in [1.807, 2.05) is 0 Å². The summed E-state index contributed by atoms with van der Waals surface area (Å²) in [5, 5.41) is 22.3. The number of methoxy groups -OCH3 is 1. The standard InChI is InChI=1S/C18H23N3O6/c1-27-12-2-3-13-4-6-14(7-5-13)17(24)20-15(8-9-16(23)21-26)18(25)19-10-11-22/h4-7,15,22,26H,8-12H2,1H3,(H,19,25)(H,20,24)(H,21,23)/t15-/m0/s1. The van der Waals surface area contributed by atoms with Crippen molar-refractivity contribution in [2.75, 3.05) is 26.9 Å². The van der Waals surface area contributed by atoms with Gasteiger partial charge in [-0.05, 0) is 30.7 Å². The molecule has 0 radical (unpaired) electrons. The van der Waals surface area contributed by atoms with Crippen LogP contribution < -0.4 is 16.1 Å². The zero-order valence-electron chi connectivity index (χ0n) is 14.9. The van der Waals surface area contributed by atoms with E-state index < -0.39 is 23.8 Å². The Balaban J connectivity index is 2.77. The number of nitrogens with one attached hydrogen (secondary N) is 3. The highest BCUT2D eigenvalue weighted by molar-refractivity contribution is 5.97. The van der Waals surface area contributed by atoms with E-state index in [4.69, 9.17) is 15.1 Å². The second kappa shape index (κ2) is 12.4. The maximum Gasteiger partial charge on any atom is 0.251 e. The van der Waals surface area contributed by atoms with Crippen LogP contribution in [0.4, 0.5) is 0 Å². The van der Waals surface area contributed by atoms with E-state index in [-0.39, 0.29) is 26.0 Å². The Morgan fingerprint density at radius 1 is 1.22 bits per heavy atom. The number of carbonyl (C=O) groups is 3.